The number of alkyl halides is 1. The third-order valence-electron chi connectivity index (χ3n) is 2.67. The zero-order chi connectivity index (χ0) is 12.2. The minimum atomic E-state index is -3.03. The second kappa shape index (κ2) is 6.33. The molecule has 0 aliphatic carbocycles. The summed E-state index contributed by atoms with van der Waals surface area (Å²) in [6, 6.07) is 0. The third kappa shape index (κ3) is 4.31. The van der Waals surface area contributed by atoms with Gasteiger partial charge < -0.3 is 0 Å². The molecule has 0 amide bonds. The summed E-state index contributed by atoms with van der Waals surface area (Å²) < 4.78 is 25.6. The van der Waals surface area contributed by atoms with Gasteiger partial charge in [-0.2, -0.15) is 4.31 Å². The molecule has 0 aromatic rings. The summed E-state index contributed by atoms with van der Waals surface area (Å²) in [5, 5.41) is 0.950. The van der Waals surface area contributed by atoms with Gasteiger partial charge >= 0.3 is 0 Å². The van der Waals surface area contributed by atoms with Crippen molar-refractivity contribution in [3.05, 3.63) is 0 Å². The highest BCUT2D eigenvalue weighted by atomic mass is 79.9. The van der Waals surface area contributed by atoms with Crippen molar-refractivity contribution in [1.82, 2.24) is 9.21 Å². The molecular formula is C10H21BrN2O2S. The van der Waals surface area contributed by atoms with Crippen LogP contribution in [-0.2, 0) is 10.0 Å². The van der Waals surface area contributed by atoms with E-state index in [1.165, 1.54) is 0 Å². The Morgan fingerprint density at radius 3 is 2.19 bits per heavy atom. The molecule has 0 N–H and O–H groups in total. The van der Waals surface area contributed by atoms with Gasteiger partial charge in [-0.3, -0.25) is 4.90 Å². The number of rotatable bonds is 5. The van der Waals surface area contributed by atoms with Gasteiger partial charge in [-0.05, 0) is 5.92 Å². The second-order valence-corrected chi connectivity index (χ2v) is 7.41. The Morgan fingerprint density at radius 1 is 1.19 bits per heavy atom. The van der Waals surface area contributed by atoms with Gasteiger partial charge in [0.15, 0.2) is 0 Å². The van der Waals surface area contributed by atoms with Crippen molar-refractivity contribution >= 4 is 26.0 Å². The fourth-order valence-corrected chi connectivity index (χ4v) is 4.15. The molecule has 0 aromatic carbocycles. The third-order valence-corrected chi connectivity index (χ3v) is 5.26. The molecule has 0 saturated carbocycles. The smallest absolute Gasteiger partial charge is 0.214 e. The largest absolute Gasteiger partial charge is 0.300 e. The van der Waals surface area contributed by atoms with Crippen LogP contribution in [0.1, 0.15) is 13.8 Å². The fraction of sp³-hybridized carbons (Fsp3) is 1.00. The standard InChI is InChI=1S/C10H21BrN2O2S/c1-10(2)9-16(14,15)13-7-5-12(4-3-11)6-8-13/h10H,3-9H2,1-2H3. The van der Waals surface area contributed by atoms with E-state index >= 15 is 0 Å². The molecular weight excluding hydrogens is 292 g/mol. The number of hydrogen-bond donors (Lipinski definition) is 0. The van der Waals surface area contributed by atoms with E-state index in [2.05, 4.69) is 20.8 Å². The van der Waals surface area contributed by atoms with Crippen molar-refractivity contribution in [2.45, 2.75) is 13.8 Å². The highest BCUT2D eigenvalue weighted by Gasteiger charge is 2.26. The van der Waals surface area contributed by atoms with E-state index in [9.17, 15) is 8.42 Å². The second-order valence-electron chi connectivity index (χ2n) is 4.60. The summed E-state index contributed by atoms with van der Waals surface area (Å²) in [5.41, 5.74) is 0. The maximum atomic E-state index is 12.0. The normalized spacial score (nSPS) is 20.5. The average Bonchev–Trinajstić information content (AvgIpc) is 2.17. The van der Waals surface area contributed by atoms with E-state index in [-0.39, 0.29) is 11.7 Å². The molecule has 6 heteroatoms. The van der Waals surface area contributed by atoms with E-state index in [4.69, 9.17) is 0 Å². The summed E-state index contributed by atoms with van der Waals surface area (Å²) in [7, 11) is -3.03. The molecule has 1 saturated heterocycles. The lowest BCUT2D eigenvalue weighted by Gasteiger charge is -2.33. The fourth-order valence-electron chi connectivity index (χ4n) is 1.88. The molecule has 1 aliphatic heterocycles. The quantitative estimate of drug-likeness (QED) is 0.711. The zero-order valence-electron chi connectivity index (χ0n) is 10.0. The molecule has 4 nitrogen and oxygen atoms in total. The molecule has 1 fully saturated rings. The van der Waals surface area contributed by atoms with E-state index in [0.717, 1.165) is 25.0 Å². The first kappa shape index (κ1) is 14.4. The predicted molar refractivity (Wildman–Crippen MR) is 70.4 cm³/mol. The molecule has 0 radical (unpaired) electrons. The van der Waals surface area contributed by atoms with E-state index in [1.54, 1.807) is 4.31 Å². The van der Waals surface area contributed by atoms with Crippen LogP contribution >= 0.6 is 15.9 Å². The van der Waals surface area contributed by atoms with Crippen LogP contribution in [-0.4, -0.2) is 61.4 Å². The molecule has 0 unspecified atom stereocenters. The summed E-state index contributed by atoms with van der Waals surface area (Å²) >= 11 is 3.40. The maximum Gasteiger partial charge on any atom is 0.214 e. The SMILES string of the molecule is CC(C)CS(=O)(=O)N1CCN(CCBr)CC1. The summed E-state index contributed by atoms with van der Waals surface area (Å²) in [5.74, 6) is 0.469. The molecule has 96 valence electrons. The Hall–Kier alpha value is 0.350. The molecule has 1 aliphatic rings. The molecule has 0 spiro atoms. The number of halogens is 1. The van der Waals surface area contributed by atoms with Crippen LogP contribution < -0.4 is 0 Å². The number of nitrogens with zero attached hydrogens (tertiary/aromatic N) is 2. The summed E-state index contributed by atoms with van der Waals surface area (Å²) in [6.07, 6.45) is 0. The van der Waals surface area contributed by atoms with Gasteiger partial charge in [0.05, 0.1) is 5.75 Å². The van der Waals surface area contributed by atoms with Gasteiger partial charge in [-0.1, -0.05) is 29.8 Å². The monoisotopic (exact) mass is 312 g/mol. The summed E-state index contributed by atoms with van der Waals surface area (Å²) in [6.45, 7) is 7.87. The van der Waals surface area contributed by atoms with Crippen molar-refractivity contribution in [1.29, 1.82) is 0 Å². The minimum Gasteiger partial charge on any atom is -0.300 e. The molecule has 0 aromatic heterocycles. The zero-order valence-corrected chi connectivity index (χ0v) is 12.4. The Morgan fingerprint density at radius 2 is 1.75 bits per heavy atom. The van der Waals surface area contributed by atoms with E-state index in [0.29, 0.717) is 13.1 Å². The van der Waals surface area contributed by atoms with Crippen molar-refractivity contribution in [3.63, 3.8) is 0 Å². The Labute approximate surface area is 107 Å². The lowest BCUT2D eigenvalue weighted by molar-refractivity contribution is 0.198. The lowest BCUT2D eigenvalue weighted by Crippen LogP contribution is -2.49. The first-order valence-electron chi connectivity index (χ1n) is 5.72. The molecule has 0 atom stereocenters. The van der Waals surface area contributed by atoms with Crippen molar-refractivity contribution in [3.8, 4) is 0 Å². The lowest BCUT2D eigenvalue weighted by atomic mass is 10.3. The number of sulfonamides is 1. The predicted octanol–water partition coefficient (Wildman–Crippen LogP) is 0.985. The molecule has 1 heterocycles. The summed E-state index contributed by atoms with van der Waals surface area (Å²) in [4.78, 5) is 2.29. The van der Waals surface area contributed by atoms with Gasteiger partial charge in [0.25, 0.3) is 0 Å². The first-order valence-corrected chi connectivity index (χ1v) is 8.45. The van der Waals surface area contributed by atoms with Crippen molar-refractivity contribution < 1.29 is 8.42 Å². The minimum absolute atomic E-state index is 0.200. The van der Waals surface area contributed by atoms with Gasteiger partial charge in [0, 0.05) is 38.1 Å². The Bertz CT molecular complexity index is 298. The first-order chi connectivity index (χ1) is 7.45. The van der Waals surface area contributed by atoms with Crippen LogP contribution in [0.4, 0.5) is 0 Å². The van der Waals surface area contributed by atoms with Crippen LogP contribution in [0, 0.1) is 5.92 Å². The van der Waals surface area contributed by atoms with E-state index < -0.39 is 10.0 Å². The van der Waals surface area contributed by atoms with Crippen molar-refractivity contribution in [2.75, 3.05) is 43.8 Å². The Balaban J connectivity index is 2.47. The van der Waals surface area contributed by atoms with Crippen LogP contribution in [0.3, 0.4) is 0 Å². The molecule has 0 bridgehead atoms. The molecule has 1 rings (SSSR count). The average molecular weight is 313 g/mol. The van der Waals surface area contributed by atoms with Crippen molar-refractivity contribution in [2.24, 2.45) is 5.92 Å². The number of hydrogen-bond acceptors (Lipinski definition) is 3. The Kier molecular flexibility index (Phi) is 5.70. The highest BCUT2D eigenvalue weighted by Crippen LogP contribution is 2.11. The molecule has 16 heavy (non-hydrogen) atoms. The highest BCUT2D eigenvalue weighted by molar-refractivity contribution is 9.09. The van der Waals surface area contributed by atoms with Crippen LogP contribution in [0.25, 0.3) is 0 Å². The van der Waals surface area contributed by atoms with Gasteiger partial charge in [-0.25, -0.2) is 8.42 Å². The maximum absolute atomic E-state index is 12.0. The topological polar surface area (TPSA) is 40.6 Å². The van der Waals surface area contributed by atoms with Crippen LogP contribution in [0.5, 0.6) is 0 Å². The van der Waals surface area contributed by atoms with E-state index in [1.807, 2.05) is 13.8 Å². The van der Waals surface area contributed by atoms with Crippen LogP contribution in [0.2, 0.25) is 0 Å². The van der Waals surface area contributed by atoms with Gasteiger partial charge in [0.1, 0.15) is 0 Å². The van der Waals surface area contributed by atoms with Crippen LogP contribution in [0.15, 0.2) is 0 Å². The van der Waals surface area contributed by atoms with Gasteiger partial charge in [0.2, 0.25) is 10.0 Å². The van der Waals surface area contributed by atoms with Gasteiger partial charge in [-0.15, -0.1) is 0 Å². The number of piperazine rings is 1.